The zero-order valence-electron chi connectivity index (χ0n) is 17.3. The number of hydrogen-bond acceptors (Lipinski definition) is 7. The van der Waals surface area contributed by atoms with E-state index in [2.05, 4.69) is 32.3 Å². The fraction of sp³-hybridized carbons (Fsp3) is 0.227. The van der Waals surface area contributed by atoms with Gasteiger partial charge in [-0.05, 0) is 24.6 Å². The molecule has 158 valence electrons. The lowest BCUT2D eigenvalue weighted by molar-refractivity contribution is 0.0946. The number of benzene rings is 1. The molecule has 0 saturated heterocycles. The first-order valence-electron chi connectivity index (χ1n) is 9.91. The molecule has 0 spiro atoms. The highest BCUT2D eigenvalue weighted by Crippen LogP contribution is 2.20. The fourth-order valence-electron chi connectivity index (χ4n) is 3.07. The van der Waals surface area contributed by atoms with Gasteiger partial charge < -0.3 is 14.6 Å². The Hall–Kier alpha value is -4.01. The topological polar surface area (TPSA) is 108 Å². The number of imidazole rings is 1. The van der Waals surface area contributed by atoms with Crippen LogP contribution in [0.25, 0.3) is 17.3 Å². The molecule has 31 heavy (non-hydrogen) atoms. The Morgan fingerprint density at radius 3 is 2.94 bits per heavy atom. The van der Waals surface area contributed by atoms with Gasteiger partial charge >= 0.3 is 0 Å². The van der Waals surface area contributed by atoms with Crippen molar-refractivity contribution < 1.29 is 14.1 Å². The van der Waals surface area contributed by atoms with Crippen LogP contribution < -0.4 is 10.1 Å². The first-order chi connectivity index (χ1) is 15.2. The molecule has 0 bridgehead atoms. The molecule has 0 saturated carbocycles. The lowest BCUT2D eigenvalue weighted by Gasteiger charge is -2.08. The molecule has 0 aliphatic carbocycles. The molecule has 0 fully saturated rings. The minimum atomic E-state index is -0.290. The normalized spacial score (nSPS) is 10.8. The van der Waals surface area contributed by atoms with E-state index in [-0.39, 0.29) is 11.6 Å². The lowest BCUT2D eigenvalue weighted by Crippen LogP contribution is -2.23. The number of hydrogen-bond donors (Lipinski definition) is 1. The fourth-order valence-corrected chi connectivity index (χ4v) is 3.07. The smallest absolute Gasteiger partial charge is 0.271 e. The van der Waals surface area contributed by atoms with Gasteiger partial charge in [-0.25, -0.2) is 9.97 Å². The van der Waals surface area contributed by atoms with Crippen LogP contribution in [-0.4, -0.2) is 37.7 Å². The van der Waals surface area contributed by atoms with Gasteiger partial charge in [0.25, 0.3) is 11.8 Å². The van der Waals surface area contributed by atoms with Crippen LogP contribution in [0.4, 0.5) is 0 Å². The molecular weight excluding hydrogens is 396 g/mol. The number of nitrogens with zero attached hydrogens (tertiary/aromatic N) is 5. The van der Waals surface area contributed by atoms with E-state index in [1.807, 2.05) is 24.3 Å². The van der Waals surface area contributed by atoms with E-state index in [1.54, 1.807) is 42.5 Å². The summed E-state index contributed by atoms with van der Waals surface area (Å²) < 4.78 is 12.3. The van der Waals surface area contributed by atoms with Crippen molar-refractivity contribution in [2.24, 2.45) is 0 Å². The highest BCUT2D eigenvalue weighted by atomic mass is 16.5. The number of carbonyl (C=O) groups excluding carboxylic acids is 1. The van der Waals surface area contributed by atoms with Gasteiger partial charge in [0.2, 0.25) is 0 Å². The molecule has 1 N–H and O–H groups in total. The maximum atomic E-state index is 12.5. The number of aryl methyl sites for hydroxylation is 1. The average molecular weight is 418 g/mol. The van der Waals surface area contributed by atoms with Crippen LogP contribution in [0.1, 0.15) is 35.2 Å². The van der Waals surface area contributed by atoms with Gasteiger partial charge in [0.1, 0.15) is 23.6 Å². The number of amides is 1. The van der Waals surface area contributed by atoms with Crippen LogP contribution in [0.5, 0.6) is 5.75 Å². The second kappa shape index (κ2) is 9.21. The monoisotopic (exact) mass is 418 g/mol. The molecule has 9 heteroatoms. The Bertz CT molecular complexity index is 1180. The number of rotatable bonds is 8. The summed E-state index contributed by atoms with van der Waals surface area (Å²) in [6, 6.07) is 11.1. The molecule has 3 heterocycles. The highest BCUT2D eigenvalue weighted by Gasteiger charge is 2.13. The first-order valence-corrected chi connectivity index (χ1v) is 9.91. The van der Waals surface area contributed by atoms with Crippen molar-refractivity contribution in [2.75, 3.05) is 7.11 Å². The van der Waals surface area contributed by atoms with Gasteiger partial charge in [-0.1, -0.05) is 30.3 Å². The lowest BCUT2D eigenvalue weighted by atomic mass is 10.2. The van der Waals surface area contributed by atoms with Crippen molar-refractivity contribution in [3.63, 3.8) is 0 Å². The number of ether oxygens (including phenoxy) is 1. The zero-order chi connectivity index (χ0) is 21.6. The number of methoxy groups -OCH3 is 1. The second-order valence-electron chi connectivity index (χ2n) is 6.83. The number of pyridine rings is 1. The summed E-state index contributed by atoms with van der Waals surface area (Å²) in [7, 11) is 1.60. The van der Waals surface area contributed by atoms with Gasteiger partial charge in [-0.15, -0.1) is 0 Å². The molecule has 4 aromatic rings. The molecule has 0 aliphatic rings. The zero-order valence-corrected chi connectivity index (χ0v) is 17.3. The average Bonchev–Trinajstić information content (AvgIpc) is 3.48. The third kappa shape index (κ3) is 4.61. The quantitative estimate of drug-likeness (QED) is 0.468. The number of nitrogens with one attached hydrogen (secondary N) is 1. The standard InChI is InChI=1S/C22H22N6O3/c1-3-6-19-26-22(31-27-19)15-9-10-23-20(11-15)28-13-17(25-14-28)21(29)24-12-16-7-4-5-8-18(16)30-2/h4-5,7-11,13-14H,3,6,12H2,1-2H3,(H,24,29). The first kappa shape index (κ1) is 20.3. The number of aromatic nitrogens is 5. The molecular formula is C22H22N6O3. The minimum Gasteiger partial charge on any atom is -0.496 e. The molecule has 1 aromatic carbocycles. The molecule has 0 atom stereocenters. The summed E-state index contributed by atoms with van der Waals surface area (Å²) in [5.41, 5.74) is 1.91. The van der Waals surface area contributed by atoms with E-state index in [9.17, 15) is 4.79 Å². The SMILES string of the molecule is CCCc1noc(-c2ccnc(-n3cnc(C(=O)NCc4ccccc4OC)c3)c2)n1. The molecule has 1 amide bonds. The predicted octanol–water partition coefficient (Wildman–Crippen LogP) is 3.21. The van der Waals surface area contributed by atoms with E-state index in [4.69, 9.17) is 9.26 Å². The largest absolute Gasteiger partial charge is 0.496 e. The van der Waals surface area contributed by atoms with Crippen molar-refractivity contribution in [3.05, 3.63) is 72.2 Å². The van der Waals surface area contributed by atoms with Crippen molar-refractivity contribution in [1.82, 2.24) is 30.0 Å². The van der Waals surface area contributed by atoms with Crippen LogP contribution in [0.2, 0.25) is 0 Å². The summed E-state index contributed by atoms with van der Waals surface area (Å²) in [6.07, 6.45) is 6.52. The molecule has 0 aliphatic heterocycles. The number of para-hydroxylation sites is 1. The van der Waals surface area contributed by atoms with E-state index < -0.39 is 0 Å². The van der Waals surface area contributed by atoms with Crippen LogP contribution in [0.3, 0.4) is 0 Å². The van der Waals surface area contributed by atoms with Gasteiger partial charge in [-0.3, -0.25) is 9.36 Å². The van der Waals surface area contributed by atoms with Gasteiger partial charge in [0, 0.05) is 36.5 Å². The Labute approximate surface area is 179 Å². The van der Waals surface area contributed by atoms with Gasteiger partial charge in [0.05, 0.1) is 7.11 Å². The van der Waals surface area contributed by atoms with Crippen LogP contribution in [0, 0.1) is 0 Å². The van der Waals surface area contributed by atoms with Crippen molar-refractivity contribution in [1.29, 1.82) is 0 Å². The predicted molar refractivity (Wildman–Crippen MR) is 113 cm³/mol. The summed E-state index contributed by atoms with van der Waals surface area (Å²) in [4.78, 5) is 25.5. The third-order valence-corrected chi connectivity index (χ3v) is 4.65. The van der Waals surface area contributed by atoms with Gasteiger partial charge in [-0.2, -0.15) is 4.98 Å². The van der Waals surface area contributed by atoms with Crippen molar-refractivity contribution >= 4 is 5.91 Å². The highest BCUT2D eigenvalue weighted by molar-refractivity contribution is 5.92. The Kier molecular flexibility index (Phi) is 6.02. The van der Waals surface area contributed by atoms with Crippen LogP contribution >= 0.6 is 0 Å². The van der Waals surface area contributed by atoms with Gasteiger partial charge in [0.15, 0.2) is 5.82 Å². The summed E-state index contributed by atoms with van der Waals surface area (Å²) in [6.45, 7) is 2.39. The third-order valence-electron chi connectivity index (χ3n) is 4.65. The maximum absolute atomic E-state index is 12.5. The van der Waals surface area contributed by atoms with Crippen molar-refractivity contribution in [2.45, 2.75) is 26.3 Å². The Morgan fingerprint density at radius 2 is 2.10 bits per heavy atom. The van der Waals surface area contributed by atoms with E-state index in [1.165, 1.54) is 0 Å². The molecule has 4 rings (SSSR count). The van der Waals surface area contributed by atoms with E-state index in [0.717, 1.165) is 29.7 Å². The molecule has 9 nitrogen and oxygen atoms in total. The Balaban J connectivity index is 1.47. The second-order valence-corrected chi connectivity index (χ2v) is 6.83. The van der Waals surface area contributed by atoms with Crippen LogP contribution in [0.15, 0.2) is 59.6 Å². The molecule has 3 aromatic heterocycles. The summed E-state index contributed by atoms with van der Waals surface area (Å²) >= 11 is 0. The number of carbonyl (C=O) groups is 1. The van der Waals surface area contributed by atoms with Crippen molar-refractivity contribution in [3.8, 4) is 23.0 Å². The minimum absolute atomic E-state index is 0.283. The molecule has 0 unspecified atom stereocenters. The summed E-state index contributed by atoms with van der Waals surface area (Å²) in [5, 5.41) is 6.84. The maximum Gasteiger partial charge on any atom is 0.271 e. The Morgan fingerprint density at radius 1 is 1.23 bits per heavy atom. The van der Waals surface area contributed by atoms with E-state index in [0.29, 0.717) is 24.1 Å². The van der Waals surface area contributed by atoms with E-state index >= 15 is 0 Å². The molecule has 0 radical (unpaired) electrons. The summed E-state index contributed by atoms with van der Waals surface area (Å²) in [5.74, 6) is 2.12. The van der Waals surface area contributed by atoms with Crippen LogP contribution in [-0.2, 0) is 13.0 Å².